The van der Waals surface area contributed by atoms with Gasteiger partial charge in [0.15, 0.2) is 18.9 Å². The van der Waals surface area contributed by atoms with Gasteiger partial charge < -0.3 is 137 Å². The third-order valence-electron chi connectivity index (χ3n) is 18.4. The molecule has 36 nitrogen and oxygen atoms in total. The van der Waals surface area contributed by atoms with E-state index in [1.165, 1.54) is 20.8 Å². The molecule has 600 valence electrons. The molecular weight excluding hydrogens is 1370 g/mol. The predicted octanol–water partition coefficient (Wildman–Crippen LogP) is -4.83. The Morgan fingerprint density at radius 2 is 0.683 bits per heavy atom. The second-order valence-corrected chi connectivity index (χ2v) is 27.1. The Labute approximate surface area is 607 Å². The number of nitrogens with one attached hydrogen (secondary N) is 9. The highest BCUT2D eigenvalue weighted by Crippen LogP contribution is 2.27. The zero-order valence-electron chi connectivity index (χ0n) is 60.5. The summed E-state index contributed by atoms with van der Waals surface area (Å²) in [5, 5.41) is 135. The number of hydrogen-bond donors (Lipinski definition) is 20. The third-order valence-corrected chi connectivity index (χ3v) is 18.4. The number of amides is 9. The summed E-state index contributed by atoms with van der Waals surface area (Å²) in [6.45, 7) is 3.04. The van der Waals surface area contributed by atoms with Crippen molar-refractivity contribution in [3.8, 4) is 0 Å². The lowest BCUT2D eigenvalue weighted by Gasteiger charge is -2.42. The molecule has 9 amide bonds. The molecule has 0 radical (unpaired) electrons. The summed E-state index contributed by atoms with van der Waals surface area (Å²) in [7, 11) is 0. The fraction of sp³-hybridized carbons (Fsp3) is 0.868. The maximum absolute atomic E-state index is 13.9. The summed E-state index contributed by atoms with van der Waals surface area (Å²) in [6, 6.07) is -5.63. The molecule has 36 heteroatoms. The van der Waals surface area contributed by atoms with E-state index in [0.29, 0.717) is 96.4 Å². The zero-order chi connectivity index (χ0) is 76.5. The summed E-state index contributed by atoms with van der Waals surface area (Å²) in [4.78, 5) is 116. The van der Waals surface area contributed by atoms with Crippen LogP contribution in [0.15, 0.2) is 0 Å². The molecule has 104 heavy (non-hydrogen) atoms. The van der Waals surface area contributed by atoms with Crippen LogP contribution >= 0.6 is 0 Å². The molecular formula is C68H121N9O27. The van der Waals surface area contributed by atoms with E-state index >= 15 is 0 Å². The molecule has 0 aliphatic carbocycles. The van der Waals surface area contributed by atoms with Crippen molar-refractivity contribution >= 4 is 53.2 Å². The molecule has 0 aromatic carbocycles. The van der Waals surface area contributed by atoms with Crippen LogP contribution in [0.1, 0.15) is 181 Å². The van der Waals surface area contributed by atoms with E-state index in [1.54, 1.807) is 0 Å². The summed E-state index contributed by atoms with van der Waals surface area (Å²) in [5.41, 5.74) is 0. The Hall–Kier alpha value is -5.49. The van der Waals surface area contributed by atoms with Crippen LogP contribution in [0.25, 0.3) is 0 Å². The van der Waals surface area contributed by atoms with E-state index < -0.39 is 189 Å². The van der Waals surface area contributed by atoms with E-state index in [1.807, 2.05) is 0 Å². The standard InChI is InChI=1S/C68H121N9O27/c1-40(82)73-54-60(92)57(89)48(37-79)102-66(54)98-32-20-12-9-16-28-69-51(86)26-24-43(63(95)70-29-18-10-13-21-33-99-67-55(74-41(2)83)61(93)58(90)49(38-80)103-67)77-53(88)27-25-44(76-52(87)23-15-7-5-4-6-8-17-31-72-65(97)46-35-45(85)47(36-78)101-46)64(96)71-30-19-11-14-22-34-100-68-56(75-42(3)84)62(94)59(91)50(39-81)104-68/h43-50,54-62,66-68,78-81,85,89-94H,4-39H2,1-3H3,(H,69,86)(H,70,95)(H,71,96)(H,72,97)(H,73,82)(H,74,83)(H,75,84)(H,76,87)(H,77,88)/t43?,44?,45-,46+,47+,48?,49?,50?,54?,55?,56?,57?,58?,59?,60?,61?,62?,66?,67?,68?/m1/s1. The van der Waals surface area contributed by atoms with Crippen LogP contribution in [-0.4, -0.2) is 304 Å². The van der Waals surface area contributed by atoms with Gasteiger partial charge in [0.2, 0.25) is 53.2 Å². The number of hydrogen-bond acceptors (Lipinski definition) is 27. The molecule has 4 aliphatic rings. The van der Waals surface area contributed by atoms with E-state index in [-0.39, 0.29) is 90.5 Å². The average molecular weight is 1500 g/mol. The molecule has 20 atom stereocenters. The number of unbranched alkanes of at least 4 members (excludes halogenated alkanes) is 15. The van der Waals surface area contributed by atoms with Crippen molar-refractivity contribution in [2.24, 2.45) is 0 Å². The van der Waals surface area contributed by atoms with Crippen LogP contribution in [0.5, 0.6) is 0 Å². The highest BCUT2D eigenvalue weighted by atomic mass is 16.7. The molecule has 0 bridgehead atoms. The van der Waals surface area contributed by atoms with Crippen molar-refractivity contribution in [1.82, 2.24) is 47.9 Å². The maximum atomic E-state index is 13.9. The number of aliphatic hydroxyl groups excluding tert-OH is 11. The molecule has 4 saturated heterocycles. The highest BCUT2D eigenvalue weighted by Gasteiger charge is 2.48. The molecule has 0 aromatic heterocycles. The van der Waals surface area contributed by atoms with Gasteiger partial charge >= 0.3 is 0 Å². The predicted molar refractivity (Wildman–Crippen MR) is 367 cm³/mol. The first kappa shape index (κ1) is 90.9. The van der Waals surface area contributed by atoms with Gasteiger partial charge in [-0.05, 0) is 64.2 Å². The Balaban J connectivity index is 1.31. The second-order valence-electron chi connectivity index (χ2n) is 27.1. The van der Waals surface area contributed by atoms with Gasteiger partial charge in [0.1, 0.15) is 97.4 Å². The smallest absolute Gasteiger partial charge is 0.249 e. The Kier molecular flexibility index (Phi) is 44.5. The Morgan fingerprint density at radius 1 is 0.365 bits per heavy atom. The van der Waals surface area contributed by atoms with Gasteiger partial charge in [-0.25, -0.2) is 0 Å². The monoisotopic (exact) mass is 1500 g/mol. The quantitative estimate of drug-likeness (QED) is 0.0254. The highest BCUT2D eigenvalue weighted by molar-refractivity contribution is 5.90. The SMILES string of the molecule is CC(=O)NC1C(OCCCCCCNC(=O)CCC(NC(=O)CCC(NC(=O)CCCCCCCCCNC(=O)[C@@H]2C[C@@H](O)[C@H](CO)O2)C(=O)NCCCCCCOC2OC(CO)C(O)C(O)C2NC(C)=O)C(=O)NCCCCCCOC2OC(CO)C(O)C(O)C2NC(C)=O)OC(CO)C(O)C1O. The molecule has 4 heterocycles. The van der Waals surface area contributed by atoms with Crippen molar-refractivity contribution in [3.63, 3.8) is 0 Å². The molecule has 0 aromatic rings. The Morgan fingerprint density at radius 3 is 1.04 bits per heavy atom. The fourth-order valence-electron chi connectivity index (χ4n) is 12.5. The van der Waals surface area contributed by atoms with Gasteiger partial charge in [-0.15, -0.1) is 0 Å². The summed E-state index contributed by atoms with van der Waals surface area (Å²) >= 11 is 0. The third kappa shape index (κ3) is 33.3. The zero-order valence-corrected chi connectivity index (χ0v) is 60.5. The van der Waals surface area contributed by atoms with Crippen LogP contribution in [0.4, 0.5) is 0 Å². The molecule has 4 aliphatic heterocycles. The summed E-state index contributed by atoms with van der Waals surface area (Å²) in [5.74, 6) is -4.38. The lowest BCUT2D eigenvalue weighted by molar-refractivity contribution is -0.270. The van der Waals surface area contributed by atoms with Crippen molar-refractivity contribution in [3.05, 3.63) is 0 Å². The summed E-state index contributed by atoms with van der Waals surface area (Å²) < 4.78 is 39.6. The van der Waals surface area contributed by atoms with Crippen molar-refractivity contribution in [2.45, 2.75) is 304 Å². The van der Waals surface area contributed by atoms with E-state index in [2.05, 4.69) is 47.9 Å². The molecule has 4 fully saturated rings. The van der Waals surface area contributed by atoms with E-state index in [0.717, 1.165) is 32.1 Å². The average Bonchev–Trinajstić information content (AvgIpc) is 1.09. The van der Waals surface area contributed by atoms with Crippen molar-refractivity contribution < 1.29 is 132 Å². The number of carbonyl (C=O) groups excluding carboxylic acids is 9. The van der Waals surface area contributed by atoms with Gasteiger partial charge in [0.25, 0.3) is 0 Å². The maximum Gasteiger partial charge on any atom is 0.249 e. The van der Waals surface area contributed by atoms with Crippen molar-refractivity contribution in [2.75, 3.05) is 72.4 Å². The Bertz CT molecular complexity index is 2540. The van der Waals surface area contributed by atoms with Crippen molar-refractivity contribution in [1.29, 1.82) is 0 Å². The van der Waals surface area contributed by atoms with Gasteiger partial charge in [0, 0.05) is 92.5 Å². The van der Waals surface area contributed by atoms with E-state index in [9.17, 15) is 99.3 Å². The van der Waals surface area contributed by atoms with Gasteiger partial charge in [-0.3, -0.25) is 43.2 Å². The number of rotatable bonds is 52. The number of aliphatic hydroxyl groups is 11. The molecule has 0 saturated carbocycles. The van der Waals surface area contributed by atoms with Gasteiger partial charge in [-0.2, -0.15) is 0 Å². The van der Waals surface area contributed by atoms with Crippen LogP contribution in [-0.2, 0) is 76.3 Å². The van der Waals surface area contributed by atoms with E-state index in [4.69, 9.17) is 33.2 Å². The lowest BCUT2D eigenvalue weighted by Crippen LogP contribution is -2.64. The van der Waals surface area contributed by atoms with Gasteiger partial charge in [-0.1, -0.05) is 70.6 Å². The van der Waals surface area contributed by atoms with Crippen LogP contribution in [0, 0.1) is 0 Å². The van der Waals surface area contributed by atoms with Crippen LogP contribution in [0.3, 0.4) is 0 Å². The van der Waals surface area contributed by atoms with Gasteiger partial charge in [0.05, 0.1) is 32.5 Å². The number of carbonyl (C=O) groups is 9. The lowest BCUT2D eigenvalue weighted by atomic mass is 9.97. The minimum absolute atomic E-state index is 0.0907. The fourth-order valence-corrected chi connectivity index (χ4v) is 12.5. The second kappa shape index (κ2) is 51.0. The van der Waals surface area contributed by atoms with Crippen LogP contribution < -0.4 is 47.9 Å². The topological polar surface area (TPSA) is 549 Å². The normalized spacial score (nSPS) is 28.1. The molecule has 4 rings (SSSR count). The first-order chi connectivity index (χ1) is 49.8. The molecule has 17 unspecified atom stereocenters. The first-order valence-corrected chi connectivity index (χ1v) is 37.0. The minimum Gasteiger partial charge on any atom is -0.394 e. The molecule has 20 N–H and O–H groups in total. The first-order valence-electron chi connectivity index (χ1n) is 37.0. The minimum atomic E-state index is -1.47. The largest absolute Gasteiger partial charge is 0.394 e. The number of ether oxygens (including phenoxy) is 7. The van der Waals surface area contributed by atoms with Crippen LogP contribution in [0.2, 0.25) is 0 Å². The molecule has 0 spiro atoms. The summed E-state index contributed by atoms with van der Waals surface area (Å²) in [6.07, 6.45) is -6.45.